The first kappa shape index (κ1) is 18.5. The largest absolute Gasteiger partial charge is 0.451 e. The lowest BCUT2D eigenvalue weighted by Gasteiger charge is -2.07. The Bertz CT molecular complexity index is 1370. The lowest BCUT2D eigenvalue weighted by molar-refractivity contribution is 0.0997. The zero-order valence-corrected chi connectivity index (χ0v) is 17.2. The maximum atomic E-state index is 12.8. The fourth-order valence-corrected chi connectivity index (χ4v) is 4.07. The monoisotopic (exact) mass is 435 g/mol. The van der Waals surface area contributed by atoms with Gasteiger partial charge in [-0.25, -0.2) is 0 Å². The number of anilines is 1. The van der Waals surface area contributed by atoms with Crippen LogP contribution >= 0.6 is 22.9 Å². The van der Waals surface area contributed by atoms with Crippen LogP contribution in [-0.2, 0) is 0 Å². The molecule has 148 valence electrons. The van der Waals surface area contributed by atoms with E-state index in [4.69, 9.17) is 16.0 Å². The molecule has 30 heavy (non-hydrogen) atoms. The number of para-hydroxylation sites is 1. The molecule has 7 nitrogen and oxygen atoms in total. The third-order valence-corrected chi connectivity index (χ3v) is 5.70. The normalized spacial score (nSPS) is 11.1. The molecule has 0 fully saturated rings. The van der Waals surface area contributed by atoms with Crippen molar-refractivity contribution in [3.63, 3.8) is 0 Å². The number of rotatable bonds is 4. The maximum absolute atomic E-state index is 12.8. The van der Waals surface area contributed by atoms with Gasteiger partial charge in [-0.15, -0.1) is 10.2 Å². The Morgan fingerprint density at radius 2 is 1.87 bits per heavy atom. The summed E-state index contributed by atoms with van der Waals surface area (Å²) in [4.78, 5) is 13.5. The summed E-state index contributed by atoms with van der Waals surface area (Å²) in [5, 5.41) is 17.0. The number of fused-ring (bicyclic) bond motifs is 1. The lowest BCUT2D eigenvalue weighted by atomic mass is 10.2. The fourth-order valence-electron chi connectivity index (χ4n) is 3.02. The van der Waals surface area contributed by atoms with E-state index in [0.29, 0.717) is 27.3 Å². The molecule has 3 heterocycles. The Hall–Kier alpha value is -3.49. The van der Waals surface area contributed by atoms with Gasteiger partial charge < -0.3 is 9.73 Å². The average Bonchev–Trinajstić information content (AvgIpc) is 3.47. The molecule has 0 aliphatic rings. The van der Waals surface area contributed by atoms with Crippen LogP contribution in [0.4, 0.5) is 5.69 Å². The zero-order valence-electron chi connectivity index (χ0n) is 15.7. The minimum atomic E-state index is -0.346. The van der Waals surface area contributed by atoms with Gasteiger partial charge in [0.25, 0.3) is 5.91 Å². The van der Waals surface area contributed by atoms with Gasteiger partial charge in [-0.2, -0.15) is 9.61 Å². The third kappa shape index (κ3) is 3.36. The Kier molecular flexibility index (Phi) is 4.57. The second kappa shape index (κ2) is 7.40. The Balaban J connectivity index is 1.42. The van der Waals surface area contributed by atoms with Crippen LogP contribution in [0.5, 0.6) is 0 Å². The van der Waals surface area contributed by atoms with Gasteiger partial charge in [0.1, 0.15) is 10.8 Å². The summed E-state index contributed by atoms with van der Waals surface area (Å²) in [5.74, 6) is 1.17. The van der Waals surface area contributed by atoms with Crippen molar-refractivity contribution in [2.45, 2.75) is 6.92 Å². The molecular weight excluding hydrogens is 422 g/mol. The highest BCUT2D eigenvalue weighted by atomic mass is 35.5. The van der Waals surface area contributed by atoms with Crippen molar-refractivity contribution in [2.75, 3.05) is 5.32 Å². The number of halogens is 1. The van der Waals surface area contributed by atoms with Crippen molar-refractivity contribution < 1.29 is 9.21 Å². The van der Waals surface area contributed by atoms with Crippen molar-refractivity contribution in [3.8, 4) is 21.9 Å². The standard InChI is InChI=1S/C21H14ClN5O2S/c1-12-24-25-21-27(12)26-20(30-21)15-4-2-3-5-16(15)23-19(28)18-11-10-17(29-18)13-6-8-14(22)9-7-13/h2-11H,1H3,(H,23,28). The molecule has 2 aromatic carbocycles. The van der Waals surface area contributed by atoms with Crippen LogP contribution in [0.3, 0.4) is 0 Å². The topological polar surface area (TPSA) is 85.3 Å². The highest BCUT2D eigenvalue weighted by Crippen LogP contribution is 2.32. The first-order valence-electron chi connectivity index (χ1n) is 9.04. The molecule has 5 rings (SSSR count). The van der Waals surface area contributed by atoms with E-state index in [1.165, 1.54) is 11.3 Å². The van der Waals surface area contributed by atoms with E-state index >= 15 is 0 Å². The van der Waals surface area contributed by atoms with Gasteiger partial charge in [-0.3, -0.25) is 4.79 Å². The van der Waals surface area contributed by atoms with Gasteiger partial charge in [-0.05, 0) is 55.5 Å². The number of amides is 1. The van der Waals surface area contributed by atoms with Crippen LogP contribution in [-0.4, -0.2) is 25.7 Å². The van der Waals surface area contributed by atoms with Crippen LogP contribution in [0, 0.1) is 6.92 Å². The van der Waals surface area contributed by atoms with E-state index in [0.717, 1.165) is 16.1 Å². The second-order valence-corrected chi connectivity index (χ2v) is 7.91. The Morgan fingerprint density at radius 1 is 1.07 bits per heavy atom. The summed E-state index contributed by atoms with van der Waals surface area (Å²) in [6.07, 6.45) is 0. The predicted molar refractivity (Wildman–Crippen MR) is 116 cm³/mol. The molecule has 0 saturated carbocycles. The number of furan rings is 1. The van der Waals surface area contributed by atoms with Gasteiger partial charge in [0.15, 0.2) is 11.6 Å². The number of carbonyl (C=O) groups excluding carboxylic acids is 1. The van der Waals surface area contributed by atoms with Gasteiger partial charge in [0.05, 0.1) is 5.69 Å². The maximum Gasteiger partial charge on any atom is 0.291 e. The van der Waals surface area contributed by atoms with Crippen LogP contribution in [0.15, 0.2) is 65.1 Å². The molecule has 5 aromatic rings. The minimum absolute atomic E-state index is 0.212. The van der Waals surface area contributed by atoms with E-state index in [2.05, 4.69) is 20.6 Å². The van der Waals surface area contributed by atoms with Crippen LogP contribution in [0.25, 0.3) is 26.9 Å². The molecule has 0 bridgehead atoms. The van der Waals surface area contributed by atoms with Gasteiger partial charge >= 0.3 is 0 Å². The molecule has 0 aliphatic carbocycles. The number of nitrogens with one attached hydrogen (secondary N) is 1. The number of aryl methyl sites for hydroxylation is 1. The number of aromatic nitrogens is 4. The summed E-state index contributed by atoms with van der Waals surface area (Å²) < 4.78 is 7.43. The Morgan fingerprint density at radius 3 is 2.67 bits per heavy atom. The van der Waals surface area contributed by atoms with Crippen LogP contribution < -0.4 is 5.32 Å². The SMILES string of the molecule is Cc1nnc2sc(-c3ccccc3NC(=O)c3ccc(-c4ccc(Cl)cc4)o3)nn12. The van der Waals surface area contributed by atoms with Gasteiger partial charge in [0.2, 0.25) is 4.96 Å². The third-order valence-electron chi connectivity index (χ3n) is 4.51. The number of hydrogen-bond donors (Lipinski definition) is 1. The van der Waals surface area contributed by atoms with E-state index in [1.807, 2.05) is 43.3 Å². The molecule has 0 unspecified atom stereocenters. The van der Waals surface area contributed by atoms with Crippen LogP contribution in [0.1, 0.15) is 16.4 Å². The molecule has 0 saturated heterocycles. The van der Waals surface area contributed by atoms with Gasteiger partial charge in [0, 0.05) is 16.1 Å². The van der Waals surface area contributed by atoms with Crippen molar-refractivity contribution in [3.05, 3.63) is 77.3 Å². The number of hydrogen-bond acceptors (Lipinski definition) is 6. The second-order valence-electron chi connectivity index (χ2n) is 6.52. The molecule has 0 radical (unpaired) electrons. The predicted octanol–water partition coefficient (Wildman–Crippen LogP) is 5.33. The van der Waals surface area contributed by atoms with E-state index < -0.39 is 0 Å². The molecule has 3 aromatic heterocycles. The van der Waals surface area contributed by atoms with E-state index in [-0.39, 0.29) is 11.7 Å². The van der Waals surface area contributed by atoms with Crippen molar-refractivity contribution >= 4 is 39.5 Å². The van der Waals surface area contributed by atoms with E-state index in [1.54, 1.807) is 28.8 Å². The summed E-state index contributed by atoms with van der Waals surface area (Å²) >= 11 is 7.33. The van der Waals surface area contributed by atoms with Crippen molar-refractivity contribution in [1.29, 1.82) is 0 Å². The molecule has 0 atom stereocenters. The Labute approximate surface area is 179 Å². The number of benzene rings is 2. The van der Waals surface area contributed by atoms with E-state index in [9.17, 15) is 4.79 Å². The summed E-state index contributed by atoms with van der Waals surface area (Å²) in [6.45, 7) is 1.84. The molecular formula is C21H14ClN5O2S. The van der Waals surface area contributed by atoms with Crippen molar-refractivity contribution in [2.24, 2.45) is 0 Å². The summed E-state index contributed by atoms with van der Waals surface area (Å²) in [5.41, 5.74) is 2.27. The molecule has 0 spiro atoms. The zero-order chi connectivity index (χ0) is 20.7. The van der Waals surface area contributed by atoms with Gasteiger partial charge in [-0.1, -0.05) is 35.1 Å². The molecule has 1 N–H and O–H groups in total. The molecule has 9 heteroatoms. The quantitative estimate of drug-likeness (QED) is 0.412. The minimum Gasteiger partial charge on any atom is -0.451 e. The highest BCUT2D eigenvalue weighted by Gasteiger charge is 2.17. The highest BCUT2D eigenvalue weighted by molar-refractivity contribution is 7.19. The number of nitrogens with zero attached hydrogens (tertiary/aromatic N) is 4. The number of carbonyl (C=O) groups is 1. The first-order valence-corrected chi connectivity index (χ1v) is 10.2. The lowest BCUT2D eigenvalue weighted by Crippen LogP contribution is -2.11. The average molecular weight is 436 g/mol. The first-order chi connectivity index (χ1) is 14.6. The van der Waals surface area contributed by atoms with Crippen LogP contribution in [0.2, 0.25) is 5.02 Å². The summed E-state index contributed by atoms with van der Waals surface area (Å²) in [7, 11) is 0. The molecule has 1 amide bonds. The molecule has 0 aliphatic heterocycles. The summed E-state index contributed by atoms with van der Waals surface area (Å²) in [6, 6.07) is 18.1. The van der Waals surface area contributed by atoms with Crippen molar-refractivity contribution in [1.82, 2.24) is 19.8 Å². The smallest absolute Gasteiger partial charge is 0.291 e. The fraction of sp³-hybridized carbons (Fsp3) is 0.0476.